The maximum Gasteiger partial charge on any atom is 0.234 e. The maximum absolute atomic E-state index is 13.0. The zero-order valence-corrected chi connectivity index (χ0v) is 11.9. The number of allylic oxidation sites excluding steroid dienone is 2. The topological polar surface area (TPSA) is 37.4 Å². The summed E-state index contributed by atoms with van der Waals surface area (Å²) in [5, 5.41) is 0. The number of anilines is 1. The Labute approximate surface area is 119 Å². The molecule has 1 aromatic rings. The van der Waals surface area contributed by atoms with E-state index in [9.17, 15) is 9.59 Å². The van der Waals surface area contributed by atoms with Gasteiger partial charge in [0, 0.05) is 18.7 Å². The second-order valence-corrected chi connectivity index (χ2v) is 6.44. The van der Waals surface area contributed by atoms with Crippen molar-refractivity contribution in [3.8, 4) is 0 Å². The molecule has 1 heterocycles. The van der Waals surface area contributed by atoms with Gasteiger partial charge in [0.25, 0.3) is 0 Å². The molecule has 0 bridgehead atoms. The Bertz CT molecular complexity index is 588. The average Bonchev–Trinajstić information content (AvgIpc) is 2.61. The summed E-state index contributed by atoms with van der Waals surface area (Å²) in [6.45, 7) is 4.86. The van der Waals surface area contributed by atoms with Crippen LogP contribution in [0.3, 0.4) is 0 Å². The van der Waals surface area contributed by atoms with E-state index in [1.807, 2.05) is 41.3 Å². The molecule has 3 rings (SSSR count). The molecule has 104 valence electrons. The molecule has 1 spiro atoms. The minimum Gasteiger partial charge on any atom is -0.311 e. The summed E-state index contributed by atoms with van der Waals surface area (Å²) in [5.41, 5.74) is 0.138. The van der Waals surface area contributed by atoms with Gasteiger partial charge in [0.15, 0.2) is 5.78 Å². The molecule has 0 radical (unpaired) electrons. The highest BCUT2D eigenvalue weighted by atomic mass is 16.2. The van der Waals surface area contributed by atoms with Crippen LogP contribution in [-0.2, 0) is 9.59 Å². The summed E-state index contributed by atoms with van der Waals surface area (Å²) in [7, 11) is 0. The lowest BCUT2D eigenvalue weighted by Gasteiger charge is -2.38. The molecular formula is C17H19NO2. The Morgan fingerprint density at radius 1 is 1.10 bits per heavy atom. The van der Waals surface area contributed by atoms with Crippen LogP contribution in [0.15, 0.2) is 42.5 Å². The van der Waals surface area contributed by atoms with E-state index in [0.29, 0.717) is 19.4 Å². The molecule has 0 saturated carbocycles. The number of hydrogen-bond acceptors (Lipinski definition) is 2. The molecule has 20 heavy (non-hydrogen) atoms. The van der Waals surface area contributed by atoms with Crippen molar-refractivity contribution in [3.05, 3.63) is 42.5 Å². The third-order valence-corrected chi connectivity index (χ3v) is 4.82. The summed E-state index contributed by atoms with van der Waals surface area (Å²) in [6, 6.07) is 9.72. The van der Waals surface area contributed by atoms with E-state index in [-0.39, 0.29) is 17.1 Å². The Morgan fingerprint density at radius 2 is 1.80 bits per heavy atom. The lowest BCUT2D eigenvalue weighted by Crippen LogP contribution is -2.43. The van der Waals surface area contributed by atoms with Crippen LogP contribution in [0.25, 0.3) is 0 Å². The van der Waals surface area contributed by atoms with E-state index in [1.54, 1.807) is 6.08 Å². The van der Waals surface area contributed by atoms with Crippen molar-refractivity contribution in [2.75, 3.05) is 11.4 Å². The van der Waals surface area contributed by atoms with Gasteiger partial charge in [-0.05, 0) is 30.0 Å². The summed E-state index contributed by atoms with van der Waals surface area (Å²) in [5.74, 6) is 0.152. The van der Waals surface area contributed by atoms with Crippen molar-refractivity contribution in [1.29, 1.82) is 0 Å². The quantitative estimate of drug-likeness (QED) is 0.786. The van der Waals surface area contributed by atoms with Crippen LogP contribution < -0.4 is 4.90 Å². The molecule has 1 fully saturated rings. The molecule has 1 aliphatic carbocycles. The van der Waals surface area contributed by atoms with E-state index in [2.05, 4.69) is 13.8 Å². The van der Waals surface area contributed by atoms with Crippen LogP contribution in [0, 0.1) is 10.8 Å². The number of hydrogen-bond donors (Lipinski definition) is 0. The summed E-state index contributed by atoms with van der Waals surface area (Å²) in [4.78, 5) is 26.7. The molecule has 3 heteroatoms. The number of para-hydroxylation sites is 1. The number of rotatable bonds is 1. The van der Waals surface area contributed by atoms with Crippen molar-refractivity contribution >= 4 is 17.4 Å². The molecule has 2 aliphatic rings. The predicted octanol–water partition coefficient (Wildman–Crippen LogP) is 2.96. The molecule has 1 atom stereocenters. The molecule has 0 N–H and O–H groups in total. The van der Waals surface area contributed by atoms with Gasteiger partial charge in [0.2, 0.25) is 5.91 Å². The third kappa shape index (κ3) is 1.73. The van der Waals surface area contributed by atoms with Crippen LogP contribution in [0.4, 0.5) is 5.69 Å². The second-order valence-electron chi connectivity index (χ2n) is 6.44. The summed E-state index contributed by atoms with van der Waals surface area (Å²) >= 11 is 0. The lowest BCUT2D eigenvalue weighted by atomic mass is 9.61. The predicted molar refractivity (Wildman–Crippen MR) is 78.4 cm³/mol. The Hall–Kier alpha value is -1.90. The highest BCUT2D eigenvalue weighted by molar-refractivity contribution is 6.05. The second kappa shape index (κ2) is 4.30. The lowest BCUT2D eigenvalue weighted by molar-refractivity contribution is -0.134. The Kier molecular flexibility index (Phi) is 2.82. The van der Waals surface area contributed by atoms with Crippen molar-refractivity contribution in [3.63, 3.8) is 0 Å². The van der Waals surface area contributed by atoms with Crippen LogP contribution in [0.5, 0.6) is 0 Å². The number of nitrogens with zero attached hydrogens (tertiary/aromatic N) is 1. The monoisotopic (exact) mass is 269 g/mol. The van der Waals surface area contributed by atoms with E-state index >= 15 is 0 Å². The largest absolute Gasteiger partial charge is 0.311 e. The molecule has 1 amide bonds. The number of carbonyl (C=O) groups is 2. The first-order chi connectivity index (χ1) is 9.46. The molecule has 3 nitrogen and oxygen atoms in total. The molecule has 1 saturated heterocycles. The van der Waals surface area contributed by atoms with Gasteiger partial charge in [-0.15, -0.1) is 0 Å². The van der Waals surface area contributed by atoms with Crippen LogP contribution in [-0.4, -0.2) is 18.2 Å². The highest BCUT2D eigenvalue weighted by Gasteiger charge is 2.59. The fourth-order valence-electron chi connectivity index (χ4n) is 3.48. The smallest absolute Gasteiger partial charge is 0.234 e. The minimum atomic E-state index is -0.575. The normalized spacial score (nSPS) is 28.4. The summed E-state index contributed by atoms with van der Waals surface area (Å²) < 4.78 is 0. The third-order valence-electron chi connectivity index (χ3n) is 4.82. The van der Waals surface area contributed by atoms with Gasteiger partial charge in [-0.25, -0.2) is 0 Å². The molecule has 1 aliphatic heterocycles. The number of carbonyl (C=O) groups excluding carboxylic acids is 2. The molecule has 1 aromatic carbocycles. The van der Waals surface area contributed by atoms with E-state index in [1.165, 1.54) is 0 Å². The van der Waals surface area contributed by atoms with Crippen molar-refractivity contribution < 1.29 is 9.59 Å². The Balaban J connectivity index is 2.03. The van der Waals surface area contributed by atoms with Crippen molar-refractivity contribution in [2.45, 2.75) is 26.7 Å². The summed E-state index contributed by atoms with van der Waals surface area (Å²) in [6.07, 6.45) is 4.46. The van der Waals surface area contributed by atoms with Crippen molar-refractivity contribution in [2.24, 2.45) is 10.8 Å². The van der Waals surface area contributed by atoms with Gasteiger partial charge in [-0.3, -0.25) is 9.59 Å². The first-order valence-electron chi connectivity index (χ1n) is 7.03. The van der Waals surface area contributed by atoms with Crippen LogP contribution in [0.2, 0.25) is 0 Å². The van der Waals surface area contributed by atoms with Gasteiger partial charge in [-0.1, -0.05) is 38.1 Å². The molecular weight excluding hydrogens is 250 g/mol. The van der Waals surface area contributed by atoms with Crippen LogP contribution in [0.1, 0.15) is 26.7 Å². The fraction of sp³-hybridized carbons (Fsp3) is 0.412. The van der Waals surface area contributed by atoms with Crippen molar-refractivity contribution in [1.82, 2.24) is 0 Å². The first-order valence-corrected chi connectivity index (χ1v) is 7.03. The zero-order chi connectivity index (χ0) is 14.4. The number of amides is 1. The molecule has 0 aromatic heterocycles. The van der Waals surface area contributed by atoms with Gasteiger partial charge in [-0.2, -0.15) is 0 Å². The van der Waals surface area contributed by atoms with Crippen LogP contribution >= 0.6 is 0 Å². The fourth-order valence-corrected chi connectivity index (χ4v) is 3.48. The molecule has 1 unspecified atom stereocenters. The minimum absolute atomic E-state index is 0.0626. The van der Waals surface area contributed by atoms with Gasteiger partial charge >= 0.3 is 0 Å². The highest BCUT2D eigenvalue weighted by Crippen LogP contribution is 2.54. The zero-order valence-electron chi connectivity index (χ0n) is 11.9. The number of ketones is 1. The standard InChI is InChI=1S/C17H19NO2/c1-16(2)12-18(13-7-4-3-5-8-13)15(20)17(16)10-6-9-14(19)11-17/h3-9H,10-12H2,1-2H3. The van der Waals surface area contributed by atoms with E-state index in [0.717, 1.165) is 5.69 Å². The average molecular weight is 269 g/mol. The van der Waals surface area contributed by atoms with E-state index in [4.69, 9.17) is 0 Å². The van der Waals surface area contributed by atoms with E-state index < -0.39 is 5.41 Å². The van der Waals surface area contributed by atoms with Gasteiger partial charge in [0.1, 0.15) is 0 Å². The van der Waals surface area contributed by atoms with Gasteiger partial charge < -0.3 is 4.90 Å². The number of benzene rings is 1. The van der Waals surface area contributed by atoms with Gasteiger partial charge in [0.05, 0.1) is 5.41 Å². The first kappa shape index (κ1) is 13.1. The SMILES string of the molecule is CC1(C)CN(c2ccccc2)C(=O)C12CC=CC(=O)C2. The maximum atomic E-state index is 13.0. The Morgan fingerprint density at radius 3 is 2.45 bits per heavy atom.